The first kappa shape index (κ1) is 30.3. The molecule has 0 heterocycles. The highest BCUT2D eigenvalue weighted by Gasteiger charge is 2.23. The van der Waals surface area contributed by atoms with Gasteiger partial charge in [-0.05, 0) is 113 Å². The second-order valence-electron chi connectivity index (χ2n) is 12.4. The summed E-state index contributed by atoms with van der Waals surface area (Å²) >= 11 is 0. The largest absolute Gasteiger partial charge is 0.315 e. The maximum Gasteiger partial charge on any atom is 0.0464 e. The third-order valence-corrected chi connectivity index (χ3v) is 9.59. The van der Waals surface area contributed by atoms with E-state index >= 15 is 0 Å². The molecule has 230 valence electrons. The second-order valence-corrected chi connectivity index (χ2v) is 12.4. The number of hydrogen-bond donors (Lipinski definition) is 0. The molecule has 1 nitrogen and oxygen atoms in total. The molecule has 1 atom stereocenters. The Kier molecular flexibility index (Phi) is 8.97. The number of benzene rings is 4. The fraction of sp³-hybridized carbons (Fsp3) is 0.130. The van der Waals surface area contributed by atoms with E-state index in [1.54, 1.807) is 0 Å². The quantitative estimate of drug-likeness (QED) is 0.183. The third kappa shape index (κ3) is 6.48. The lowest BCUT2D eigenvalue weighted by molar-refractivity contribution is 0.815. The summed E-state index contributed by atoms with van der Waals surface area (Å²) in [6.45, 7) is 8.07. The molecule has 1 heteroatoms. The first-order valence-electron chi connectivity index (χ1n) is 16.8. The van der Waals surface area contributed by atoms with Crippen LogP contribution < -0.4 is 4.90 Å². The average molecular weight is 608 g/mol. The van der Waals surface area contributed by atoms with Crippen molar-refractivity contribution in [2.24, 2.45) is 0 Å². The van der Waals surface area contributed by atoms with Gasteiger partial charge in [0.15, 0.2) is 0 Å². The van der Waals surface area contributed by atoms with E-state index in [1.165, 1.54) is 56.0 Å². The SMILES string of the molecule is C=Cc1ccc(-c2ccc(N(C3=CCC(c4ccccc4)C=C3)C3=CC=C(C4=CC=CCC4)CC3)cc2-c2ccccc2)cc1C=C. The summed E-state index contributed by atoms with van der Waals surface area (Å²) in [5.41, 5.74) is 15.0. The Labute approximate surface area is 280 Å². The van der Waals surface area contributed by atoms with Crippen LogP contribution in [0, 0.1) is 0 Å². The van der Waals surface area contributed by atoms with Crippen molar-refractivity contribution < 1.29 is 0 Å². The minimum atomic E-state index is 0.389. The van der Waals surface area contributed by atoms with E-state index in [-0.39, 0.29) is 0 Å². The maximum atomic E-state index is 4.07. The van der Waals surface area contributed by atoms with Crippen LogP contribution in [0.15, 0.2) is 181 Å². The van der Waals surface area contributed by atoms with E-state index in [1.807, 2.05) is 12.2 Å². The molecule has 0 amide bonds. The van der Waals surface area contributed by atoms with Crippen molar-refractivity contribution >= 4 is 17.8 Å². The molecule has 0 fully saturated rings. The van der Waals surface area contributed by atoms with E-state index in [2.05, 4.69) is 164 Å². The first-order valence-corrected chi connectivity index (χ1v) is 16.8. The Morgan fingerprint density at radius 1 is 0.660 bits per heavy atom. The van der Waals surface area contributed by atoms with Gasteiger partial charge in [-0.25, -0.2) is 0 Å². The summed E-state index contributed by atoms with van der Waals surface area (Å²) in [7, 11) is 0. The lowest BCUT2D eigenvalue weighted by Crippen LogP contribution is -2.23. The summed E-state index contributed by atoms with van der Waals surface area (Å²) in [5, 5.41) is 0. The van der Waals surface area contributed by atoms with Gasteiger partial charge in [0.2, 0.25) is 0 Å². The minimum absolute atomic E-state index is 0.389. The molecule has 4 aromatic carbocycles. The van der Waals surface area contributed by atoms with Crippen molar-refractivity contribution in [3.05, 3.63) is 198 Å². The van der Waals surface area contributed by atoms with Crippen LogP contribution in [-0.4, -0.2) is 0 Å². The van der Waals surface area contributed by atoms with Gasteiger partial charge in [-0.1, -0.05) is 141 Å². The Hall–Kier alpha value is -5.40. The number of allylic oxidation sites excluding steroid dienone is 11. The van der Waals surface area contributed by atoms with Gasteiger partial charge in [-0.3, -0.25) is 0 Å². The highest BCUT2D eigenvalue weighted by Crippen LogP contribution is 2.41. The summed E-state index contributed by atoms with van der Waals surface area (Å²) in [5.74, 6) is 0.389. The molecule has 4 aromatic rings. The molecule has 0 N–H and O–H groups in total. The van der Waals surface area contributed by atoms with Crippen molar-refractivity contribution in [1.29, 1.82) is 0 Å². The van der Waals surface area contributed by atoms with Crippen molar-refractivity contribution in [3.63, 3.8) is 0 Å². The van der Waals surface area contributed by atoms with Gasteiger partial charge in [-0.2, -0.15) is 0 Å². The first-order chi connectivity index (χ1) is 23.2. The molecule has 7 rings (SSSR count). The van der Waals surface area contributed by atoms with E-state index < -0.39 is 0 Å². The molecule has 3 aliphatic rings. The van der Waals surface area contributed by atoms with Gasteiger partial charge in [0, 0.05) is 23.0 Å². The lowest BCUT2D eigenvalue weighted by atomic mass is 9.88. The van der Waals surface area contributed by atoms with Crippen molar-refractivity contribution in [2.45, 2.75) is 38.0 Å². The third-order valence-electron chi connectivity index (χ3n) is 9.59. The fourth-order valence-corrected chi connectivity index (χ4v) is 7.04. The minimum Gasteiger partial charge on any atom is -0.315 e. The van der Waals surface area contributed by atoms with Crippen LogP contribution in [0.1, 0.15) is 54.7 Å². The van der Waals surface area contributed by atoms with E-state index in [4.69, 9.17) is 0 Å². The van der Waals surface area contributed by atoms with Gasteiger partial charge in [0.1, 0.15) is 0 Å². The highest BCUT2D eigenvalue weighted by atomic mass is 15.2. The van der Waals surface area contributed by atoms with Gasteiger partial charge >= 0.3 is 0 Å². The zero-order valence-electron chi connectivity index (χ0n) is 27.0. The summed E-state index contributed by atoms with van der Waals surface area (Å²) < 4.78 is 0. The molecule has 0 saturated heterocycles. The molecular weight excluding hydrogens is 567 g/mol. The fourth-order valence-electron chi connectivity index (χ4n) is 7.04. The van der Waals surface area contributed by atoms with Crippen LogP contribution in [-0.2, 0) is 0 Å². The summed E-state index contributed by atoms with van der Waals surface area (Å²) in [4.78, 5) is 2.49. The maximum absolute atomic E-state index is 4.07. The van der Waals surface area contributed by atoms with Crippen LogP contribution in [0.3, 0.4) is 0 Å². The Morgan fingerprint density at radius 3 is 2.13 bits per heavy atom. The van der Waals surface area contributed by atoms with Crippen LogP contribution in [0.4, 0.5) is 5.69 Å². The zero-order chi connectivity index (χ0) is 32.0. The zero-order valence-corrected chi connectivity index (χ0v) is 27.0. The molecular formula is C46H41N. The Bertz CT molecular complexity index is 1980. The van der Waals surface area contributed by atoms with E-state index in [0.29, 0.717) is 5.92 Å². The normalized spacial score (nSPS) is 17.2. The van der Waals surface area contributed by atoms with E-state index in [0.717, 1.165) is 43.2 Å². The molecule has 3 aliphatic carbocycles. The Balaban J connectivity index is 1.33. The Morgan fingerprint density at radius 2 is 1.45 bits per heavy atom. The number of nitrogens with zero attached hydrogens (tertiary/aromatic N) is 1. The number of hydrogen-bond acceptors (Lipinski definition) is 1. The van der Waals surface area contributed by atoms with E-state index in [9.17, 15) is 0 Å². The van der Waals surface area contributed by atoms with Crippen LogP contribution in [0.5, 0.6) is 0 Å². The van der Waals surface area contributed by atoms with Crippen molar-refractivity contribution in [2.75, 3.05) is 4.90 Å². The molecule has 0 saturated carbocycles. The van der Waals surface area contributed by atoms with Crippen LogP contribution in [0.25, 0.3) is 34.4 Å². The molecule has 0 bridgehead atoms. The van der Waals surface area contributed by atoms with Crippen molar-refractivity contribution in [1.82, 2.24) is 0 Å². The van der Waals surface area contributed by atoms with Gasteiger partial charge in [0.05, 0.1) is 0 Å². The molecule has 0 aromatic heterocycles. The summed E-state index contributed by atoms with van der Waals surface area (Å²) in [6, 6.07) is 35.1. The van der Waals surface area contributed by atoms with Gasteiger partial charge in [-0.15, -0.1) is 0 Å². The summed E-state index contributed by atoms with van der Waals surface area (Å²) in [6.07, 6.45) is 27.7. The topological polar surface area (TPSA) is 3.24 Å². The smallest absolute Gasteiger partial charge is 0.0464 e. The molecule has 1 unspecified atom stereocenters. The molecule has 47 heavy (non-hydrogen) atoms. The van der Waals surface area contributed by atoms with Crippen LogP contribution >= 0.6 is 0 Å². The number of rotatable bonds is 9. The monoisotopic (exact) mass is 607 g/mol. The van der Waals surface area contributed by atoms with Crippen LogP contribution in [0.2, 0.25) is 0 Å². The predicted octanol–water partition coefficient (Wildman–Crippen LogP) is 12.6. The number of anilines is 1. The molecule has 0 spiro atoms. The van der Waals surface area contributed by atoms with Crippen molar-refractivity contribution in [3.8, 4) is 22.3 Å². The predicted molar refractivity (Wildman–Crippen MR) is 203 cm³/mol. The lowest BCUT2D eigenvalue weighted by Gasteiger charge is -2.33. The highest BCUT2D eigenvalue weighted by molar-refractivity contribution is 5.88. The second kappa shape index (κ2) is 13.9. The van der Waals surface area contributed by atoms with Gasteiger partial charge in [0.25, 0.3) is 0 Å². The average Bonchev–Trinajstić information content (AvgIpc) is 3.16. The molecule has 0 aliphatic heterocycles. The molecule has 0 radical (unpaired) electrons. The standard InChI is InChI=1S/C46H41N/c1-3-34-20-21-41(32-35(34)4-2)45-31-30-44(33-46(45)40-18-12-7-13-19-40)47(42-26-22-38(23-27-42)36-14-8-5-9-15-36)43-28-24-39(25-29-43)37-16-10-6-11-17-37/h3-10,12-16,18-22,24,26-28,30-33,38H,1-2,11,17,23,25,29H2. The van der Waals surface area contributed by atoms with Gasteiger partial charge < -0.3 is 4.90 Å².